The fourth-order valence-corrected chi connectivity index (χ4v) is 2.21. The van der Waals surface area contributed by atoms with Gasteiger partial charge in [-0.15, -0.1) is 0 Å². The predicted octanol–water partition coefficient (Wildman–Crippen LogP) is 1.96. The summed E-state index contributed by atoms with van der Waals surface area (Å²) >= 11 is 0. The van der Waals surface area contributed by atoms with Gasteiger partial charge in [-0.25, -0.2) is 0 Å². The first-order chi connectivity index (χ1) is 10.9. The Morgan fingerprint density at radius 1 is 1.09 bits per heavy atom. The van der Waals surface area contributed by atoms with Crippen LogP contribution in [-0.2, 0) is 11.3 Å². The zero-order valence-electron chi connectivity index (χ0n) is 12.4. The van der Waals surface area contributed by atoms with Crippen LogP contribution in [0, 0.1) is 0 Å². The van der Waals surface area contributed by atoms with Crippen molar-refractivity contribution in [2.75, 3.05) is 39.5 Å². The Morgan fingerprint density at radius 3 is 2.73 bits per heavy atom. The van der Waals surface area contributed by atoms with Gasteiger partial charge in [0.15, 0.2) is 5.76 Å². The third-order valence-electron chi connectivity index (χ3n) is 3.42. The Hall–Kier alpha value is -2.05. The maximum absolute atomic E-state index is 5.60. The van der Waals surface area contributed by atoms with Crippen molar-refractivity contribution in [3.8, 4) is 11.6 Å². The van der Waals surface area contributed by atoms with Crippen molar-refractivity contribution in [1.82, 2.24) is 10.1 Å². The number of morpholine rings is 1. The number of ether oxygens (including phenoxy) is 3. The van der Waals surface area contributed by atoms with Crippen molar-refractivity contribution >= 4 is 0 Å². The van der Waals surface area contributed by atoms with Gasteiger partial charge in [0.25, 0.3) is 5.88 Å². The number of para-hydroxylation sites is 1. The highest BCUT2D eigenvalue weighted by molar-refractivity contribution is 5.21. The molecule has 118 valence electrons. The lowest BCUT2D eigenvalue weighted by atomic mass is 10.3. The molecule has 3 rings (SSSR count). The van der Waals surface area contributed by atoms with E-state index in [1.165, 1.54) is 0 Å². The molecule has 1 aliphatic rings. The molecule has 0 unspecified atom stereocenters. The molecule has 0 atom stereocenters. The third kappa shape index (κ3) is 4.47. The molecule has 0 saturated carbocycles. The summed E-state index contributed by atoms with van der Waals surface area (Å²) in [4.78, 5) is 2.31. The number of hydrogen-bond donors (Lipinski definition) is 0. The topological polar surface area (TPSA) is 57.0 Å². The largest absolute Gasteiger partial charge is 0.486 e. The molecule has 0 N–H and O–H groups in total. The Balaban J connectivity index is 1.39. The van der Waals surface area contributed by atoms with E-state index in [1.807, 2.05) is 30.3 Å². The lowest BCUT2D eigenvalue weighted by molar-refractivity contribution is 0.0318. The molecular weight excluding hydrogens is 284 g/mol. The normalized spacial score (nSPS) is 15.6. The van der Waals surface area contributed by atoms with E-state index in [4.69, 9.17) is 18.7 Å². The minimum absolute atomic E-state index is 0.337. The fraction of sp³-hybridized carbons (Fsp3) is 0.438. The fourth-order valence-electron chi connectivity index (χ4n) is 2.21. The molecule has 6 heteroatoms. The number of hydrogen-bond acceptors (Lipinski definition) is 6. The van der Waals surface area contributed by atoms with Crippen LogP contribution in [0.2, 0.25) is 0 Å². The molecule has 2 aromatic rings. The van der Waals surface area contributed by atoms with Crippen molar-refractivity contribution in [2.24, 2.45) is 0 Å². The molecule has 0 bridgehead atoms. The van der Waals surface area contributed by atoms with E-state index in [2.05, 4.69) is 10.1 Å². The molecule has 0 spiro atoms. The van der Waals surface area contributed by atoms with E-state index < -0.39 is 0 Å². The Kier molecular flexibility index (Phi) is 5.28. The minimum Gasteiger partial charge on any atom is -0.486 e. The van der Waals surface area contributed by atoms with Crippen LogP contribution in [-0.4, -0.2) is 49.5 Å². The molecule has 0 amide bonds. The number of benzene rings is 1. The van der Waals surface area contributed by atoms with Crippen molar-refractivity contribution in [3.63, 3.8) is 0 Å². The SMILES string of the molecule is c1ccc(OCc2cc(OCCN3CCOCC3)no2)cc1. The van der Waals surface area contributed by atoms with Crippen molar-refractivity contribution < 1.29 is 18.7 Å². The monoisotopic (exact) mass is 304 g/mol. The molecule has 1 saturated heterocycles. The van der Waals surface area contributed by atoms with E-state index in [0.717, 1.165) is 38.6 Å². The van der Waals surface area contributed by atoms with Crippen LogP contribution >= 0.6 is 0 Å². The van der Waals surface area contributed by atoms with Crippen LogP contribution in [0.3, 0.4) is 0 Å². The average Bonchev–Trinajstić information content (AvgIpc) is 3.03. The quantitative estimate of drug-likeness (QED) is 0.779. The van der Waals surface area contributed by atoms with Gasteiger partial charge in [-0.05, 0) is 17.3 Å². The lowest BCUT2D eigenvalue weighted by Crippen LogP contribution is -2.38. The summed E-state index contributed by atoms with van der Waals surface area (Å²) in [5, 5.41) is 3.89. The molecule has 1 fully saturated rings. The van der Waals surface area contributed by atoms with Gasteiger partial charge < -0.3 is 18.7 Å². The van der Waals surface area contributed by atoms with Crippen molar-refractivity contribution in [2.45, 2.75) is 6.61 Å². The maximum atomic E-state index is 5.60. The van der Waals surface area contributed by atoms with Gasteiger partial charge in [0.05, 0.1) is 13.2 Å². The molecule has 2 heterocycles. The molecule has 0 radical (unpaired) electrons. The van der Waals surface area contributed by atoms with Crippen LogP contribution in [0.15, 0.2) is 40.9 Å². The summed E-state index contributed by atoms with van der Waals surface area (Å²) in [5.74, 6) is 1.94. The second-order valence-electron chi connectivity index (χ2n) is 5.04. The third-order valence-corrected chi connectivity index (χ3v) is 3.42. The van der Waals surface area contributed by atoms with Gasteiger partial charge in [-0.3, -0.25) is 4.90 Å². The first-order valence-corrected chi connectivity index (χ1v) is 7.46. The smallest absolute Gasteiger partial charge is 0.254 e. The van der Waals surface area contributed by atoms with Gasteiger partial charge in [0.1, 0.15) is 19.0 Å². The minimum atomic E-state index is 0.337. The Bertz CT molecular complexity index is 552. The van der Waals surface area contributed by atoms with E-state index in [1.54, 1.807) is 6.07 Å². The van der Waals surface area contributed by atoms with Gasteiger partial charge in [-0.1, -0.05) is 18.2 Å². The van der Waals surface area contributed by atoms with E-state index >= 15 is 0 Å². The van der Waals surface area contributed by atoms with Crippen LogP contribution in [0.5, 0.6) is 11.6 Å². The van der Waals surface area contributed by atoms with E-state index in [9.17, 15) is 0 Å². The molecule has 1 aromatic heterocycles. The van der Waals surface area contributed by atoms with Crippen molar-refractivity contribution in [3.05, 3.63) is 42.2 Å². The molecule has 6 nitrogen and oxygen atoms in total. The lowest BCUT2D eigenvalue weighted by Gasteiger charge is -2.26. The number of aromatic nitrogens is 1. The van der Waals surface area contributed by atoms with Gasteiger partial charge in [-0.2, -0.15) is 0 Å². The maximum Gasteiger partial charge on any atom is 0.254 e. The van der Waals surface area contributed by atoms with Crippen LogP contribution < -0.4 is 9.47 Å². The molecule has 0 aliphatic carbocycles. The van der Waals surface area contributed by atoms with Crippen LogP contribution in [0.4, 0.5) is 0 Å². The van der Waals surface area contributed by atoms with Gasteiger partial charge in [0.2, 0.25) is 0 Å². The zero-order valence-corrected chi connectivity index (χ0v) is 12.4. The standard InChI is InChI=1S/C16H20N2O4/c1-2-4-14(5-3-1)21-13-15-12-16(17-22-15)20-11-8-18-6-9-19-10-7-18/h1-5,12H,6-11,13H2. The highest BCUT2D eigenvalue weighted by atomic mass is 16.5. The summed E-state index contributed by atoms with van der Waals surface area (Å²) in [5.41, 5.74) is 0. The zero-order chi connectivity index (χ0) is 15.0. The molecule has 1 aliphatic heterocycles. The molecule has 22 heavy (non-hydrogen) atoms. The van der Waals surface area contributed by atoms with Crippen molar-refractivity contribution in [1.29, 1.82) is 0 Å². The second-order valence-corrected chi connectivity index (χ2v) is 5.04. The first kappa shape index (κ1) is 14.9. The summed E-state index contributed by atoms with van der Waals surface area (Å²) in [6, 6.07) is 11.4. The first-order valence-electron chi connectivity index (χ1n) is 7.46. The summed E-state index contributed by atoms with van der Waals surface area (Å²) in [6.45, 7) is 5.30. The molecular formula is C16H20N2O4. The Labute approximate surface area is 129 Å². The average molecular weight is 304 g/mol. The summed E-state index contributed by atoms with van der Waals surface area (Å²) in [7, 11) is 0. The van der Waals surface area contributed by atoms with Crippen LogP contribution in [0.25, 0.3) is 0 Å². The van der Waals surface area contributed by atoms with E-state index in [-0.39, 0.29) is 0 Å². The number of rotatable bonds is 7. The Morgan fingerprint density at radius 2 is 1.91 bits per heavy atom. The van der Waals surface area contributed by atoms with Crippen LogP contribution in [0.1, 0.15) is 5.76 Å². The highest BCUT2D eigenvalue weighted by Crippen LogP contribution is 2.15. The van der Waals surface area contributed by atoms with Gasteiger partial charge >= 0.3 is 0 Å². The highest BCUT2D eigenvalue weighted by Gasteiger charge is 2.11. The number of nitrogens with zero attached hydrogens (tertiary/aromatic N) is 2. The van der Waals surface area contributed by atoms with E-state index in [0.29, 0.717) is 24.9 Å². The second kappa shape index (κ2) is 7.82. The predicted molar refractivity (Wildman–Crippen MR) is 80.0 cm³/mol. The summed E-state index contributed by atoms with van der Waals surface area (Å²) in [6.07, 6.45) is 0. The van der Waals surface area contributed by atoms with Gasteiger partial charge in [0, 0.05) is 25.7 Å². The molecule has 1 aromatic carbocycles. The summed E-state index contributed by atoms with van der Waals surface area (Å²) < 4.78 is 21.7.